The summed E-state index contributed by atoms with van der Waals surface area (Å²) < 4.78 is 13.2. The number of ether oxygens (including phenoxy) is 1. The lowest BCUT2D eigenvalue weighted by Gasteiger charge is -2.26. The first-order valence-corrected chi connectivity index (χ1v) is 10.6. The van der Waals surface area contributed by atoms with Crippen molar-refractivity contribution < 1.29 is 9.15 Å². The van der Waals surface area contributed by atoms with Gasteiger partial charge in [-0.15, -0.1) is 5.10 Å². The fourth-order valence-electron chi connectivity index (χ4n) is 3.94. The van der Waals surface area contributed by atoms with Crippen molar-refractivity contribution in [2.24, 2.45) is 7.05 Å². The van der Waals surface area contributed by atoms with Crippen LogP contribution in [0.5, 0.6) is 0 Å². The average molecular weight is 411 g/mol. The van der Waals surface area contributed by atoms with Crippen molar-refractivity contribution in [3.05, 3.63) is 35.7 Å². The second-order valence-corrected chi connectivity index (χ2v) is 7.72. The molecule has 8 heteroatoms. The van der Waals surface area contributed by atoms with Crippen molar-refractivity contribution >= 4 is 6.01 Å². The Bertz CT molecular complexity index is 974. The van der Waals surface area contributed by atoms with E-state index in [2.05, 4.69) is 38.5 Å². The van der Waals surface area contributed by atoms with Gasteiger partial charge in [0.1, 0.15) is 0 Å². The summed E-state index contributed by atoms with van der Waals surface area (Å²) in [6.45, 7) is 9.79. The van der Waals surface area contributed by atoms with Gasteiger partial charge in [-0.25, -0.2) is 0 Å². The molecule has 0 saturated carbocycles. The maximum Gasteiger partial charge on any atom is 0.315 e. The molecule has 1 fully saturated rings. The van der Waals surface area contributed by atoms with Crippen LogP contribution in [0.4, 0.5) is 6.01 Å². The number of nitrogens with zero attached hydrogens (tertiary/aromatic N) is 5. The maximum absolute atomic E-state index is 5.93. The van der Waals surface area contributed by atoms with Crippen LogP contribution in [0, 0.1) is 13.8 Å². The number of benzene rings is 1. The Kier molecular flexibility index (Phi) is 6.44. The van der Waals surface area contributed by atoms with Crippen LogP contribution >= 0.6 is 0 Å². The molecular formula is C22H30N6O2. The SMILES string of the molecule is Cc1nn(C)c(C)c1-c1ccccc1-c1nnc(NCCCCN2CCOCC2)o1. The summed E-state index contributed by atoms with van der Waals surface area (Å²) in [5, 5.41) is 16.3. The second kappa shape index (κ2) is 9.40. The van der Waals surface area contributed by atoms with E-state index in [4.69, 9.17) is 9.15 Å². The Morgan fingerprint density at radius 1 is 1.03 bits per heavy atom. The number of aryl methyl sites for hydroxylation is 2. The fraction of sp³-hybridized carbons (Fsp3) is 0.500. The zero-order valence-corrected chi connectivity index (χ0v) is 18.0. The third-order valence-corrected chi connectivity index (χ3v) is 5.64. The van der Waals surface area contributed by atoms with E-state index in [0.717, 1.165) is 80.3 Å². The molecule has 30 heavy (non-hydrogen) atoms. The number of aromatic nitrogens is 4. The molecule has 1 aliphatic heterocycles. The summed E-state index contributed by atoms with van der Waals surface area (Å²) in [6, 6.07) is 8.57. The van der Waals surface area contributed by atoms with Gasteiger partial charge in [0, 0.05) is 43.5 Å². The van der Waals surface area contributed by atoms with Gasteiger partial charge in [-0.2, -0.15) is 5.10 Å². The molecule has 4 rings (SSSR count). The minimum atomic E-state index is 0.464. The molecule has 1 N–H and O–H groups in total. The lowest BCUT2D eigenvalue weighted by Crippen LogP contribution is -2.36. The number of morpholine rings is 1. The van der Waals surface area contributed by atoms with E-state index in [1.165, 1.54) is 0 Å². The molecule has 1 saturated heterocycles. The number of rotatable bonds is 8. The highest BCUT2D eigenvalue weighted by Crippen LogP contribution is 2.35. The minimum Gasteiger partial charge on any atom is -0.403 e. The zero-order valence-electron chi connectivity index (χ0n) is 18.0. The van der Waals surface area contributed by atoms with Gasteiger partial charge in [-0.05, 0) is 44.9 Å². The van der Waals surface area contributed by atoms with Crippen LogP contribution in [0.15, 0.2) is 28.7 Å². The van der Waals surface area contributed by atoms with E-state index < -0.39 is 0 Å². The molecule has 0 atom stereocenters. The van der Waals surface area contributed by atoms with Crippen LogP contribution in [0.25, 0.3) is 22.6 Å². The summed E-state index contributed by atoms with van der Waals surface area (Å²) in [4.78, 5) is 2.45. The molecule has 1 aromatic carbocycles. The number of hydrogen-bond donors (Lipinski definition) is 1. The first kappa shape index (κ1) is 20.6. The van der Waals surface area contributed by atoms with Crippen molar-refractivity contribution in [1.29, 1.82) is 0 Å². The number of hydrogen-bond acceptors (Lipinski definition) is 7. The molecule has 3 aromatic rings. The molecule has 0 aliphatic carbocycles. The molecule has 0 amide bonds. The molecule has 0 spiro atoms. The van der Waals surface area contributed by atoms with Crippen molar-refractivity contribution in [3.63, 3.8) is 0 Å². The van der Waals surface area contributed by atoms with Crippen molar-refractivity contribution in [3.8, 4) is 22.6 Å². The molecular weight excluding hydrogens is 380 g/mol. The Balaban J connectivity index is 1.38. The Morgan fingerprint density at radius 2 is 1.80 bits per heavy atom. The summed E-state index contributed by atoms with van der Waals surface area (Å²) >= 11 is 0. The van der Waals surface area contributed by atoms with Crippen LogP contribution in [-0.2, 0) is 11.8 Å². The lowest BCUT2D eigenvalue weighted by molar-refractivity contribution is 0.0373. The summed E-state index contributed by atoms with van der Waals surface area (Å²) in [5.41, 5.74) is 5.19. The quantitative estimate of drug-likeness (QED) is 0.571. The highest BCUT2D eigenvalue weighted by molar-refractivity contribution is 5.82. The molecule has 8 nitrogen and oxygen atoms in total. The van der Waals surface area contributed by atoms with Crippen molar-refractivity contribution in [2.75, 3.05) is 44.7 Å². The predicted molar refractivity (Wildman–Crippen MR) is 116 cm³/mol. The topological polar surface area (TPSA) is 81.2 Å². The van der Waals surface area contributed by atoms with Gasteiger partial charge in [0.2, 0.25) is 5.89 Å². The van der Waals surface area contributed by atoms with Crippen LogP contribution < -0.4 is 5.32 Å². The van der Waals surface area contributed by atoms with Crippen molar-refractivity contribution in [1.82, 2.24) is 24.9 Å². The zero-order chi connectivity index (χ0) is 20.9. The van der Waals surface area contributed by atoms with Gasteiger partial charge in [0.15, 0.2) is 0 Å². The van der Waals surface area contributed by atoms with Gasteiger partial charge >= 0.3 is 6.01 Å². The summed E-state index contributed by atoms with van der Waals surface area (Å²) in [7, 11) is 1.96. The van der Waals surface area contributed by atoms with E-state index >= 15 is 0 Å². The van der Waals surface area contributed by atoms with E-state index in [0.29, 0.717) is 11.9 Å². The number of unbranched alkanes of at least 4 members (excludes halogenated alkanes) is 1. The van der Waals surface area contributed by atoms with Crippen molar-refractivity contribution in [2.45, 2.75) is 26.7 Å². The number of nitrogens with one attached hydrogen (secondary N) is 1. The second-order valence-electron chi connectivity index (χ2n) is 7.72. The summed E-state index contributed by atoms with van der Waals surface area (Å²) in [5.74, 6) is 0.518. The molecule has 160 valence electrons. The van der Waals surface area contributed by atoms with E-state index in [-0.39, 0.29) is 0 Å². The van der Waals surface area contributed by atoms with E-state index in [1.807, 2.05) is 36.9 Å². The van der Waals surface area contributed by atoms with E-state index in [9.17, 15) is 0 Å². The van der Waals surface area contributed by atoms with Gasteiger partial charge in [0.25, 0.3) is 0 Å². The Hall–Kier alpha value is -2.71. The van der Waals surface area contributed by atoms with Gasteiger partial charge < -0.3 is 14.5 Å². The maximum atomic E-state index is 5.93. The van der Waals surface area contributed by atoms with E-state index in [1.54, 1.807) is 0 Å². The monoisotopic (exact) mass is 410 g/mol. The molecule has 0 unspecified atom stereocenters. The Morgan fingerprint density at radius 3 is 2.53 bits per heavy atom. The molecule has 2 aromatic heterocycles. The molecule has 3 heterocycles. The van der Waals surface area contributed by atoms with Gasteiger partial charge in [0.05, 0.1) is 18.9 Å². The van der Waals surface area contributed by atoms with Gasteiger partial charge in [-0.3, -0.25) is 9.58 Å². The van der Waals surface area contributed by atoms with Crippen LogP contribution in [0.1, 0.15) is 24.2 Å². The molecule has 1 aliphatic rings. The normalized spacial score (nSPS) is 14.9. The van der Waals surface area contributed by atoms with Crippen LogP contribution in [0.3, 0.4) is 0 Å². The summed E-state index contributed by atoms with van der Waals surface area (Å²) in [6.07, 6.45) is 2.19. The number of anilines is 1. The van der Waals surface area contributed by atoms with Gasteiger partial charge in [-0.1, -0.05) is 23.3 Å². The molecule has 0 radical (unpaired) electrons. The fourth-order valence-corrected chi connectivity index (χ4v) is 3.94. The highest BCUT2D eigenvalue weighted by atomic mass is 16.5. The first-order chi connectivity index (χ1) is 14.6. The smallest absolute Gasteiger partial charge is 0.315 e. The predicted octanol–water partition coefficient (Wildman–Crippen LogP) is 3.28. The van der Waals surface area contributed by atoms with Crippen LogP contribution in [0.2, 0.25) is 0 Å². The Labute approximate surface area is 177 Å². The third-order valence-electron chi connectivity index (χ3n) is 5.64. The molecule has 0 bridgehead atoms. The third kappa shape index (κ3) is 4.55. The highest BCUT2D eigenvalue weighted by Gasteiger charge is 2.19. The van der Waals surface area contributed by atoms with Crippen LogP contribution in [-0.4, -0.2) is 64.3 Å². The lowest BCUT2D eigenvalue weighted by atomic mass is 9.98. The average Bonchev–Trinajstić information content (AvgIpc) is 3.32. The minimum absolute atomic E-state index is 0.464. The standard InChI is InChI=1S/C22H30N6O2/c1-16-20(17(2)27(3)26-16)18-8-4-5-9-19(18)21-24-25-22(30-21)23-10-6-7-11-28-12-14-29-15-13-28/h4-5,8-9H,6-7,10-15H2,1-3H3,(H,23,25). The first-order valence-electron chi connectivity index (χ1n) is 10.6. The largest absolute Gasteiger partial charge is 0.403 e.